The SMILES string of the molecule is O=C(NCc1nnc2n1CCCC2)C1CCCN(C2CCCC2)C1. The van der Waals surface area contributed by atoms with Crippen LogP contribution in [-0.2, 0) is 24.3 Å². The van der Waals surface area contributed by atoms with Gasteiger partial charge in [0.15, 0.2) is 5.82 Å². The Labute approximate surface area is 144 Å². The summed E-state index contributed by atoms with van der Waals surface area (Å²) in [7, 11) is 0. The van der Waals surface area contributed by atoms with Crippen molar-refractivity contribution in [3.8, 4) is 0 Å². The van der Waals surface area contributed by atoms with Crippen LogP contribution in [0.2, 0.25) is 0 Å². The van der Waals surface area contributed by atoms with Crippen molar-refractivity contribution in [2.24, 2.45) is 5.92 Å². The molecule has 2 fully saturated rings. The molecule has 1 atom stereocenters. The lowest BCUT2D eigenvalue weighted by Crippen LogP contribution is -2.46. The number of aryl methyl sites for hydroxylation is 1. The van der Waals surface area contributed by atoms with E-state index in [0.717, 1.165) is 50.0 Å². The van der Waals surface area contributed by atoms with Gasteiger partial charge in [-0.15, -0.1) is 10.2 Å². The molecule has 0 radical (unpaired) electrons. The van der Waals surface area contributed by atoms with E-state index >= 15 is 0 Å². The third kappa shape index (κ3) is 3.34. The predicted octanol–water partition coefficient (Wildman–Crippen LogP) is 1.89. The van der Waals surface area contributed by atoms with Crippen molar-refractivity contribution in [1.29, 1.82) is 0 Å². The normalized spacial score (nSPS) is 25.6. The number of rotatable bonds is 4. The predicted molar refractivity (Wildman–Crippen MR) is 91.4 cm³/mol. The van der Waals surface area contributed by atoms with Crippen molar-refractivity contribution >= 4 is 5.91 Å². The number of amides is 1. The summed E-state index contributed by atoms with van der Waals surface area (Å²) in [6.45, 7) is 3.62. The lowest BCUT2D eigenvalue weighted by atomic mass is 9.95. The van der Waals surface area contributed by atoms with E-state index in [4.69, 9.17) is 0 Å². The molecule has 3 heterocycles. The summed E-state index contributed by atoms with van der Waals surface area (Å²) < 4.78 is 2.19. The smallest absolute Gasteiger partial charge is 0.224 e. The van der Waals surface area contributed by atoms with E-state index < -0.39 is 0 Å². The zero-order valence-corrected chi connectivity index (χ0v) is 14.5. The second-order valence-electron chi connectivity index (χ2n) is 7.63. The number of nitrogens with zero attached hydrogens (tertiary/aromatic N) is 4. The molecule has 1 saturated heterocycles. The summed E-state index contributed by atoms with van der Waals surface area (Å²) in [5.41, 5.74) is 0. The molecule has 1 amide bonds. The standard InChI is InChI=1S/C18H29N5O/c24-18(14-6-5-10-22(13-14)15-7-1-2-8-15)19-12-17-21-20-16-9-3-4-11-23(16)17/h14-15H,1-13H2,(H,19,24). The first-order valence-corrected chi connectivity index (χ1v) is 9.74. The summed E-state index contributed by atoms with van der Waals surface area (Å²) in [4.78, 5) is 15.2. The van der Waals surface area contributed by atoms with Crippen LogP contribution < -0.4 is 5.32 Å². The zero-order chi connectivity index (χ0) is 16.4. The highest BCUT2D eigenvalue weighted by atomic mass is 16.1. The van der Waals surface area contributed by atoms with E-state index in [9.17, 15) is 4.79 Å². The highest BCUT2D eigenvalue weighted by Crippen LogP contribution is 2.28. The Balaban J connectivity index is 1.31. The zero-order valence-electron chi connectivity index (χ0n) is 14.5. The minimum absolute atomic E-state index is 0.142. The van der Waals surface area contributed by atoms with Gasteiger partial charge in [-0.2, -0.15) is 0 Å². The number of hydrogen-bond acceptors (Lipinski definition) is 4. The molecule has 3 aliphatic rings. The molecule has 6 nitrogen and oxygen atoms in total. The van der Waals surface area contributed by atoms with Crippen LogP contribution in [0.1, 0.15) is 63.0 Å². The van der Waals surface area contributed by atoms with Crippen molar-refractivity contribution in [2.45, 2.75) is 76.9 Å². The van der Waals surface area contributed by atoms with E-state index in [1.807, 2.05) is 0 Å². The molecule has 0 aromatic carbocycles. The quantitative estimate of drug-likeness (QED) is 0.915. The number of fused-ring (bicyclic) bond motifs is 1. The molecule has 1 unspecified atom stereocenters. The number of aromatic nitrogens is 3. The summed E-state index contributed by atoms with van der Waals surface area (Å²) in [5, 5.41) is 11.7. The minimum atomic E-state index is 0.142. The number of piperidine rings is 1. The third-order valence-electron chi connectivity index (χ3n) is 6.02. The first kappa shape index (κ1) is 16.1. The van der Waals surface area contributed by atoms with E-state index in [2.05, 4.69) is 25.0 Å². The molecular weight excluding hydrogens is 302 g/mol. The largest absolute Gasteiger partial charge is 0.349 e. The number of likely N-dealkylation sites (tertiary alicyclic amines) is 1. The number of carbonyl (C=O) groups excluding carboxylic acids is 1. The molecular formula is C18H29N5O. The molecule has 132 valence electrons. The average molecular weight is 331 g/mol. The molecule has 0 bridgehead atoms. The van der Waals surface area contributed by atoms with E-state index in [1.165, 1.54) is 45.1 Å². The molecule has 1 N–H and O–H groups in total. The first-order chi connectivity index (χ1) is 11.8. The molecule has 24 heavy (non-hydrogen) atoms. The topological polar surface area (TPSA) is 63.1 Å². The van der Waals surface area contributed by atoms with Crippen molar-refractivity contribution in [3.05, 3.63) is 11.6 Å². The Morgan fingerprint density at radius 2 is 1.92 bits per heavy atom. The molecule has 2 aliphatic heterocycles. The van der Waals surface area contributed by atoms with Gasteiger partial charge in [-0.3, -0.25) is 9.69 Å². The van der Waals surface area contributed by atoms with E-state index in [-0.39, 0.29) is 11.8 Å². The van der Waals surface area contributed by atoms with Crippen LogP contribution in [0.5, 0.6) is 0 Å². The second kappa shape index (κ2) is 7.21. The summed E-state index contributed by atoms with van der Waals surface area (Å²) in [6.07, 6.45) is 10.9. The van der Waals surface area contributed by atoms with Gasteiger partial charge in [-0.05, 0) is 45.1 Å². The minimum Gasteiger partial charge on any atom is -0.349 e. The fourth-order valence-corrected chi connectivity index (χ4v) is 4.63. The average Bonchev–Trinajstić information content (AvgIpc) is 3.30. The molecule has 4 rings (SSSR count). The Morgan fingerprint density at radius 1 is 1.04 bits per heavy atom. The van der Waals surface area contributed by atoms with E-state index in [1.54, 1.807) is 0 Å². The summed E-state index contributed by atoms with van der Waals surface area (Å²) in [6, 6.07) is 0.726. The molecule has 1 saturated carbocycles. The van der Waals surface area contributed by atoms with Crippen LogP contribution >= 0.6 is 0 Å². The van der Waals surface area contributed by atoms with Crippen molar-refractivity contribution in [3.63, 3.8) is 0 Å². The Morgan fingerprint density at radius 3 is 2.79 bits per heavy atom. The van der Waals surface area contributed by atoms with Gasteiger partial charge in [0.25, 0.3) is 0 Å². The Bertz CT molecular complexity index is 578. The molecule has 6 heteroatoms. The van der Waals surface area contributed by atoms with Crippen LogP contribution in [-0.4, -0.2) is 44.7 Å². The Hall–Kier alpha value is -1.43. The van der Waals surface area contributed by atoms with Gasteiger partial charge in [0.2, 0.25) is 5.91 Å². The van der Waals surface area contributed by atoms with Crippen molar-refractivity contribution < 1.29 is 4.79 Å². The molecule has 0 spiro atoms. The number of nitrogens with one attached hydrogen (secondary N) is 1. The highest BCUT2D eigenvalue weighted by molar-refractivity contribution is 5.78. The van der Waals surface area contributed by atoms with Crippen molar-refractivity contribution in [1.82, 2.24) is 25.0 Å². The molecule has 1 aliphatic carbocycles. The summed E-state index contributed by atoms with van der Waals surface area (Å²) >= 11 is 0. The highest BCUT2D eigenvalue weighted by Gasteiger charge is 2.31. The Kier molecular flexibility index (Phi) is 4.83. The maximum atomic E-state index is 12.6. The maximum Gasteiger partial charge on any atom is 0.224 e. The fourth-order valence-electron chi connectivity index (χ4n) is 4.63. The van der Waals surface area contributed by atoms with Gasteiger partial charge >= 0.3 is 0 Å². The van der Waals surface area contributed by atoms with Gasteiger partial charge in [-0.25, -0.2) is 0 Å². The third-order valence-corrected chi connectivity index (χ3v) is 6.02. The fraction of sp³-hybridized carbons (Fsp3) is 0.833. The van der Waals surface area contributed by atoms with Gasteiger partial charge in [0.05, 0.1) is 12.5 Å². The first-order valence-electron chi connectivity index (χ1n) is 9.74. The van der Waals surface area contributed by atoms with Crippen molar-refractivity contribution in [2.75, 3.05) is 13.1 Å². The van der Waals surface area contributed by atoms with Crippen LogP contribution in [0.15, 0.2) is 0 Å². The summed E-state index contributed by atoms with van der Waals surface area (Å²) in [5.74, 6) is 2.34. The van der Waals surface area contributed by atoms with Gasteiger partial charge < -0.3 is 9.88 Å². The maximum absolute atomic E-state index is 12.6. The van der Waals surface area contributed by atoms with Crippen LogP contribution in [0, 0.1) is 5.92 Å². The van der Waals surface area contributed by atoms with Gasteiger partial charge in [0, 0.05) is 25.6 Å². The molecule has 1 aromatic heterocycles. The van der Waals surface area contributed by atoms with E-state index in [0.29, 0.717) is 6.54 Å². The number of carbonyl (C=O) groups is 1. The number of hydrogen-bond donors (Lipinski definition) is 1. The molecule has 1 aromatic rings. The van der Waals surface area contributed by atoms with Gasteiger partial charge in [0.1, 0.15) is 5.82 Å². The van der Waals surface area contributed by atoms with Gasteiger partial charge in [-0.1, -0.05) is 12.8 Å². The lowest BCUT2D eigenvalue weighted by Gasteiger charge is -2.36. The lowest BCUT2D eigenvalue weighted by molar-refractivity contribution is -0.127. The monoisotopic (exact) mass is 331 g/mol. The second-order valence-corrected chi connectivity index (χ2v) is 7.63. The van der Waals surface area contributed by atoms with Crippen LogP contribution in [0.4, 0.5) is 0 Å². The van der Waals surface area contributed by atoms with Crippen LogP contribution in [0.25, 0.3) is 0 Å². The van der Waals surface area contributed by atoms with Crippen LogP contribution in [0.3, 0.4) is 0 Å².